The van der Waals surface area contributed by atoms with Crippen LogP contribution in [0.2, 0.25) is 0 Å². The normalized spacial score (nSPS) is 10.9. The van der Waals surface area contributed by atoms with Gasteiger partial charge in [0.2, 0.25) is 0 Å². The van der Waals surface area contributed by atoms with E-state index < -0.39 is 0 Å². The quantitative estimate of drug-likeness (QED) is 0.764. The molecule has 3 N–H and O–H groups in total. The molecule has 0 fully saturated rings. The Morgan fingerprint density at radius 3 is 2.83 bits per heavy atom. The Balaban J connectivity index is 2.14. The highest BCUT2D eigenvalue weighted by atomic mass is 16.1. The van der Waals surface area contributed by atoms with Crippen LogP contribution in [-0.4, -0.2) is 20.2 Å². The minimum Gasteiger partial charge on any atom is -0.366 e. The molecule has 0 aliphatic rings. The molecule has 0 radical (unpaired) electrons. The Labute approximate surface area is 105 Å². The van der Waals surface area contributed by atoms with Gasteiger partial charge >= 0.3 is 0 Å². The van der Waals surface area contributed by atoms with E-state index >= 15 is 0 Å². The van der Waals surface area contributed by atoms with Gasteiger partial charge in [-0.3, -0.25) is 9.89 Å². The van der Waals surface area contributed by atoms with E-state index in [1.807, 2.05) is 20.8 Å². The molecule has 0 unspecified atom stereocenters. The molecule has 0 spiro atoms. The minimum atomic E-state index is -0.139. The average molecular weight is 247 g/mol. The fraction of sp³-hybridized carbons (Fsp3) is 0.417. The van der Waals surface area contributed by atoms with Crippen molar-refractivity contribution in [3.63, 3.8) is 0 Å². The van der Waals surface area contributed by atoms with Crippen LogP contribution in [0, 0.1) is 6.92 Å². The second-order valence-electron chi connectivity index (χ2n) is 4.54. The van der Waals surface area contributed by atoms with Gasteiger partial charge in [-0.15, -0.1) is 0 Å². The molecule has 0 aliphatic heterocycles. The molecule has 2 heterocycles. The zero-order valence-electron chi connectivity index (χ0n) is 10.7. The van der Waals surface area contributed by atoms with Crippen molar-refractivity contribution in [2.45, 2.75) is 33.2 Å². The third kappa shape index (κ3) is 2.77. The summed E-state index contributed by atoms with van der Waals surface area (Å²) in [7, 11) is 0. The van der Waals surface area contributed by atoms with Crippen molar-refractivity contribution in [3.8, 4) is 0 Å². The molecule has 0 aromatic carbocycles. The first kappa shape index (κ1) is 12.3. The number of anilines is 1. The van der Waals surface area contributed by atoms with Crippen molar-refractivity contribution in [1.82, 2.24) is 20.2 Å². The fourth-order valence-corrected chi connectivity index (χ4v) is 1.58. The predicted molar refractivity (Wildman–Crippen MR) is 69.6 cm³/mol. The first-order valence-electron chi connectivity index (χ1n) is 5.90. The lowest BCUT2D eigenvalue weighted by molar-refractivity contribution is 0.766. The van der Waals surface area contributed by atoms with Gasteiger partial charge in [-0.2, -0.15) is 5.10 Å². The zero-order chi connectivity index (χ0) is 13.1. The molecule has 0 aliphatic carbocycles. The molecule has 2 aromatic rings. The van der Waals surface area contributed by atoms with Gasteiger partial charge in [-0.25, -0.2) is 4.98 Å². The Morgan fingerprint density at radius 2 is 2.22 bits per heavy atom. The van der Waals surface area contributed by atoms with Crippen molar-refractivity contribution in [2.24, 2.45) is 0 Å². The van der Waals surface area contributed by atoms with E-state index in [0.717, 1.165) is 11.3 Å². The van der Waals surface area contributed by atoms with Crippen LogP contribution in [0.3, 0.4) is 0 Å². The second-order valence-corrected chi connectivity index (χ2v) is 4.54. The molecule has 0 bridgehead atoms. The van der Waals surface area contributed by atoms with Gasteiger partial charge in [0.15, 0.2) is 0 Å². The molecule has 0 saturated carbocycles. The molecule has 18 heavy (non-hydrogen) atoms. The van der Waals surface area contributed by atoms with Gasteiger partial charge in [-0.05, 0) is 6.92 Å². The first-order valence-corrected chi connectivity index (χ1v) is 5.90. The number of aromatic nitrogens is 4. The zero-order valence-corrected chi connectivity index (χ0v) is 10.7. The van der Waals surface area contributed by atoms with Crippen molar-refractivity contribution in [2.75, 3.05) is 5.32 Å². The Hall–Kier alpha value is -2.11. The smallest absolute Gasteiger partial charge is 0.252 e. The summed E-state index contributed by atoms with van der Waals surface area (Å²) in [5, 5.41) is 9.94. The molecule has 2 rings (SSSR count). The van der Waals surface area contributed by atoms with E-state index in [0.29, 0.717) is 18.2 Å². The maximum atomic E-state index is 11.5. The molecule has 6 heteroatoms. The van der Waals surface area contributed by atoms with Crippen LogP contribution in [-0.2, 0) is 6.54 Å². The molecule has 96 valence electrons. The van der Waals surface area contributed by atoms with E-state index in [4.69, 9.17) is 0 Å². The highest BCUT2D eigenvalue weighted by Gasteiger charge is 2.06. The highest BCUT2D eigenvalue weighted by molar-refractivity contribution is 5.35. The number of aromatic amines is 2. The summed E-state index contributed by atoms with van der Waals surface area (Å²) < 4.78 is 0. The van der Waals surface area contributed by atoms with E-state index in [1.54, 1.807) is 6.20 Å². The standard InChI is InChI=1S/C12H17N5O/c1-7(2)12-15-10(4-11(18)16-12)13-5-9-6-14-17-8(9)3/h4,6-7H,5H2,1-3H3,(H,14,17)(H2,13,15,16,18). The predicted octanol–water partition coefficient (Wildman–Crippen LogP) is 1.54. The minimum absolute atomic E-state index is 0.139. The van der Waals surface area contributed by atoms with Gasteiger partial charge in [0, 0.05) is 29.8 Å². The van der Waals surface area contributed by atoms with Crippen molar-refractivity contribution >= 4 is 5.82 Å². The van der Waals surface area contributed by atoms with Crippen LogP contribution < -0.4 is 10.9 Å². The van der Waals surface area contributed by atoms with E-state index in [2.05, 4.69) is 25.5 Å². The van der Waals surface area contributed by atoms with E-state index in [9.17, 15) is 4.79 Å². The van der Waals surface area contributed by atoms with E-state index in [-0.39, 0.29) is 11.5 Å². The maximum Gasteiger partial charge on any atom is 0.252 e. The number of nitrogens with one attached hydrogen (secondary N) is 3. The van der Waals surface area contributed by atoms with Gasteiger partial charge in [-0.1, -0.05) is 13.8 Å². The van der Waals surface area contributed by atoms with Crippen LogP contribution in [0.1, 0.15) is 36.8 Å². The molecular formula is C12H17N5O. The molecule has 0 saturated heterocycles. The van der Waals surface area contributed by atoms with E-state index in [1.165, 1.54) is 6.07 Å². The summed E-state index contributed by atoms with van der Waals surface area (Å²) in [5.74, 6) is 1.46. The van der Waals surface area contributed by atoms with Crippen LogP contribution >= 0.6 is 0 Å². The number of aryl methyl sites for hydroxylation is 1. The Kier molecular flexibility index (Phi) is 3.45. The number of H-pyrrole nitrogens is 2. The summed E-state index contributed by atoms with van der Waals surface area (Å²) in [6.45, 7) is 6.52. The van der Waals surface area contributed by atoms with Gasteiger partial charge in [0.05, 0.1) is 6.20 Å². The van der Waals surface area contributed by atoms with Crippen LogP contribution in [0.5, 0.6) is 0 Å². The topological polar surface area (TPSA) is 86.5 Å². The van der Waals surface area contributed by atoms with Crippen LogP contribution in [0.4, 0.5) is 5.82 Å². The second kappa shape index (κ2) is 5.03. The van der Waals surface area contributed by atoms with Crippen LogP contribution in [0.15, 0.2) is 17.1 Å². The lowest BCUT2D eigenvalue weighted by Crippen LogP contribution is -2.14. The maximum absolute atomic E-state index is 11.5. The van der Waals surface area contributed by atoms with Crippen molar-refractivity contribution in [1.29, 1.82) is 0 Å². The molecule has 6 nitrogen and oxygen atoms in total. The number of nitrogens with zero attached hydrogens (tertiary/aromatic N) is 2. The average Bonchev–Trinajstić information content (AvgIpc) is 2.71. The number of hydrogen-bond acceptors (Lipinski definition) is 4. The summed E-state index contributed by atoms with van der Waals surface area (Å²) in [4.78, 5) is 18.6. The summed E-state index contributed by atoms with van der Waals surface area (Å²) in [5.41, 5.74) is 1.93. The summed E-state index contributed by atoms with van der Waals surface area (Å²) in [6.07, 6.45) is 1.76. The fourth-order valence-electron chi connectivity index (χ4n) is 1.58. The third-order valence-corrected chi connectivity index (χ3v) is 2.70. The van der Waals surface area contributed by atoms with Gasteiger partial charge in [0.25, 0.3) is 5.56 Å². The SMILES string of the molecule is Cc1[nH]ncc1CNc1cc(=O)[nH]c(C(C)C)n1. The third-order valence-electron chi connectivity index (χ3n) is 2.70. The monoisotopic (exact) mass is 247 g/mol. The van der Waals surface area contributed by atoms with Gasteiger partial charge in [0.1, 0.15) is 11.6 Å². The molecule has 2 aromatic heterocycles. The van der Waals surface area contributed by atoms with Crippen LogP contribution in [0.25, 0.3) is 0 Å². The summed E-state index contributed by atoms with van der Waals surface area (Å²) >= 11 is 0. The Bertz CT molecular complexity index is 584. The number of rotatable bonds is 4. The highest BCUT2D eigenvalue weighted by Crippen LogP contribution is 2.10. The lowest BCUT2D eigenvalue weighted by Gasteiger charge is -2.08. The Morgan fingerprint density at radius 1 is 1.44 bits per heavy atom. The van der Waals surface area contributed by atoms with Crippen molar-refractivity contribution in [3.05, 3.63) is 39.7 Å². The first-order chi connectivity index (χ1) is 8.56. The summed E-state index contributed by atoms with van der Waals surface area (Å²) in [6, 6.07) is 1.46. The molecule has 0 amide bonds. The lowest BCUT2D eigenvalue weighted by atomic mass is 10.2. The van der Waals surface area contributed by atoms with Gasteiger partial charge < -0.3 is 10.3 Å². The van der Waals surface area contributed by atoms with Crippen molar-refractivity contribution < 1.29 is 0 Å². The molecular weight excluding hydrogens is 230 g/mol. The molecule has 0 atom stereocenters. The largest absolute Gasteiger partial charge is 0.366 e. The number of hydrogen-bond donors (Lipinski definition) is 3.